The van der Waals surface area contributed by atoms with Gasteiger partial charge in [-0.25, -0.2) is 4.79 Å². The number of carbonyl (C=O) groups excluding carboxylic acids is 2. The Balaban J connectivity index is 1.80. The molecule has 140 valence electrons. The first-order valence-electron chi connectivity index (χ1n) is 8.86. The maximum atomic E-state index is 12.8. The molecule has 2 atom stereocenters. The lowest BCUT2D eigenvalue weighted by molar-refractivity contribution is -0.142. The zero-order chi connectivity index (χ0) is 18.7. The van der Waals surface area contributed by atoms with Crippen molar-refractivity contribution in [2.24, 2.45) is 5.92 Å². The second-order valence-electron chi connectivity index (χ2n) is 6.71. The van der Waals surface area contributed by atoms with Gasteiger partial charge in [-0.2, -0.15) is 0 Å². The Morgan fingerprint density at radius 1 is 1.23 bits per heavy atom. The molecule has 1 saturated heterocycles. The van der Waals surface area contributed by atoms with E-state index >= 15 is 0 Å². The van der Waals surface area contributed by atoms with E-state index in [9.17, 15) is 19.5 Å². The third kappa shape index (κ3) is 3.93. The van der Waals surface area contributed by atoms with Crippen molar-refractivity contribution in [3.05, 3.63) is 28.8 Å². The summed E-state index contributed by atoms with van der Waals surface area (Å²) < 4.78 is 0. The van der Waals surface area contributed by atoms with E-state index in [1.807, 2.05) is 0 Å². The molecule has 3 amide bonds. The molecule has 1 aliphatic heterocycles. The van der Waals surface area contributed by atoms with Crippen molar-refractivity contribution >= 4 is 35.2 Å². The molecule has 2 fully saturated rings. The smallest absolute Gasteiger partial charge is 0.321 e. The number of carbonyl (C=O) groups is 3. The monoisotopic (exact) mass is 379 g/mol. The normalized spacial score (nSPS) is 23.3. The largest absolute Gasteiger partial charge is 0.481 e. The van der Waals surface area contributed by atoms with E-state index in [2.05, 4.69) is 10.6 Å². The van der Waals surface area contributed by atoms with Crippen molar-refractivity contribution in [2.45, 2.75) is 38.1 Å². The van der Waals surface area contributed by atoms with E-state index in [-0.39, 0.29) is 16.6 Å². The van der Waals surface area contributed by atoms with Gasteiger partial charge in [-0.15, -0.1) is 0 Å². The predicted octanol–water partition coefficient (Wildman–Crippen LogP) is 2.63. The summed E-state index contributed by atoms with van der Waals surface area (Å²) in [4.78, 5) is 37.7. The third-order valence-corrected chi connectivity index (χ3v) is 5.34. The zero-order valence-corrected chi connectivity index (χ0v) is 15.1. The predicted molar refractivity (Wildman–Crippen MR) is 97.7 cm³/mol. The number of carboxylic acids is 1. The van der Waals surface area contributed by atoms with Gasteiger partial charge >= 0.3 is 12.0 Å². The highest BCUT2D eigenvalue weighted by molar-refractivity contribution is 6.34. The molecule has 1 saturated carbocycles. The number of aliphatic carboxylic acids is 1. The summed E-state index contributed by atoms with van der Waals surface area (Å²) in [5.41, 5.74) is 0.836. The van der Waals surface area contributed by atoms with Crippen molar-refractivity contribution in [3.8, 4) is 0 Å². The minimum absolute atomic E-state index is 0.214. The van der Waals surface area contributed by atoms with Gasteiger partial charge in [-0.1, -0.05) is 30.9 Å². The van der Waals surface area contributed by atoms with Gasteiger partial charge in [-0.05, 0) is 31.0 Å². The van der Waals surface area contributed by atoms with E-state index in [0.717, 1.165) is 19.3 Å². The van der Waals surface area contributed by atoms with Crippen molar-refractivity contribution in [1.82, 2.24) is 10.6 Å². The zero-order valence-electron chi connectivity index (χ0n) is 14.3. The van der Waals surface area contributed by atoms with Crippen LogP contribution in [0.4, 0.5) is 10.5 Å². The number of nitrogens with zero attached hydrogens (tertiary/aromatic N) is 1. The van der Waals surface area contributed by atoms with Gasteiger partial charge in [0.1, 0.15) is 0 Å². The van der Waals surface area contributed by atoms with Crippen LogP contribution in [-0.2, 0) is 4.79 Å². The quantitative estimate of drug-likeness (QED) is 0.700. The molecule has 0 bridgehead atoms. The Morgan fingerprint density at radius 2 is 2.00 bits per heavy atom. The lowest BCUT2D eigenvalue weighted by atomic mass is 9.94. The molecule has 0 radical (unpaired) electrons. The summed E-state index contributed by atoms with van der Waals surface area (Å²) in [5, 5.41) is 15.3. The molecule has 1 heterocycles. The number of urea groups is 1. The van der Waals surface area contributed by atoms with Crippen LogP contribution in [0.2, 0.25) is 5.02 Å². The molecule has 7 nitrogen and oxygen atoms in total. The fourth-order valence-electron chi connectivity index (χ4n) is 3.60. The molecule has 8 heteroatoms. The van der Waals surface area contributed by atoms with Gasteiger partial charge in [0, 0.05) is 24.8 Å². The second kappa shape index (κ2) is 7.95. The molecular weight excluding hydrogens is 358 g/mol. The molecule has 0 aromatic heterocycles. The van der Waals surface area contributed by atoms with Gasteiger partial charge in [-0.3, -0.25) is 14.5 Å². The summed E-state index contributed by atoms with van der Waals surface area (Å²) in [5.74, 6) is -1.88. The number of hydrogen-bond donors (Lipinski definition) is 3. The molecule has 26 heavy (non-hydrogen) atoms. The first-order chi connectivity index (χ1) is 12.5. The third-order valence-electron chi connectivity index (χ3n) is 5.01. The molecule has 3 rings (SSSR count). The Hall–Kier alpha value is -2.28. The van der Waals surface area contributed by atoms with E-state index in [1.165, 1.54) is 0 Å². The van der Waals surface area contributed by atoms with Gasteiger partial charge in [0.25, 0.3) is 5.91 Å². The van der Waals surface area contributed by atoms with Crippen LogP contribution in [0, 0.1) is 5.92 Å². The highest BCUT2D eigenvalue weighted by atomic mass is 35.5. The molecule has 0 unspecified atom stereocenters. The van der Waals surface area contributed by atoms with E-state index < -0.39 is 23.8 Å². The minimum Gasteiger partial charge on any atom is -0.481 e. The van der Waals surface area contributed by atoms with Crippen LogP contribution >= 0.6 is 11.6 Å². The van der Waals surface area contributed by atoms with Crippen molar-refractivity contribution in [1.29, 1.82) is 0 Å². The topological polar surface area (TPSA) is 98.7 Å². The number of carboxylic acid groups (broad SMARTS) is 1. The fraction of sp³-hybridized carbons (Fsp3) is 0.500. The number of amides is 3. The second-order valence-corrected chi connectivity index (χ2v) is 7.12. The van der Waals surface area contributed by atoms with Gasteiger partial charge in [0.2, 0.25) is 0 Å². The van der Waals surface area contributed by atoms with E-state index in [0.29, 0.717) is 31.6 Å². The summed E-state index contributed by atoms with van der Waals surface area (Å²) in [6.45, 7) is 1.07. The number of rotatable bonds is 4. The number of hydrogen-bond acceptors (Lipinski definition) is 3. The summed E-state index contributed by atoms with van der Waals surface area (Å²) >= 11 is 6.19. The average Bonchev–Trinajstić information content (AvgIpc) is 2.89. The lowest BCUT2D eigenvalue weighted by Gasteiger charge is -2.23. The molecule has 2 aliphatic rings. The number of halogens is 1. The van der Waals surface area contributed by atoms with Gasteiger partial charge in [0.05, 0.1) is 16.5 Å². The van der Waals surface area contributed by atoms with Crippen LogP contribution in [0.5, 0.6) is 0 Å². The van der Waals surface area contributed by atoms with Crippen LogP contribution in [0.1, 0.15) is 42.5 Å². The van der Waals surface area contributed by atoms with E-state index in [4.69, 9.17) is 11.6 Å². The van der Waals surface area contributed by atoms with Gasteiger partial charge in [0.15, 0.2) is 0 Å². The van der Waals surface area contributed by atoms with Crippen LogP contribution in [0.15, 0.2) is 18.2 Å². The van der Waals surface area contributed by atoms with Gasteiger partial charge < -0.3 is 15.7 Å². The molecule has 1 aromatic carbocycles. The average molecular weight is 380 g/mol. The van der Waals surface area contributed by atoms with Crippen LogP contribution < -0.4 is 15.5 Å². The van der Waals surface area contributed by atoms with Crippen LogP contribution in [0.3, 0.4) is 0 Å². The lowest BCUT2D eigenvalue weighted by Crippen LogP contribution is -2.43. The van der Waals surface area contributed by atoms with Crippen molar-refractivity contribution < 1.29 is 19.5 Å². The fourth-order valence-corrected chi connectivity index (χ4v) is 3.80. The Kier molecular flexibility index (Phi) is 5.66. The highest BCUT2D eigenvalue weighted by Crippen LogP contribution is 2.27. The van der Waals surface area contributed by atoms with Crippen molar-refractivity contribution in [3.63, 3.8) is 0 Å². The minimum atomic E-state index is -0.884. The van der Waals surface area contributed by atoms with E-state index in [1.54, 1.807) is 23.1 Å². The number of nitrogens with one attached hydrogen (secondary N) is 2. The van der Waals surface area contributed by atoms with Crippen LogP contribution in [-0.4, -0.2) is 42.1 Å². The number of anilines is 1. The highest BCUT2D eigenvalue weighted by Gasteiger charge is 2.31. The molecule has 1 aromatic rings. The molecule has 0 spiro atoms. The molecule has 3 N–H and O–H groups in total. The Labute approximate surface area is 156 Å². The number of benzene rings is 1. The summed E-state index contributed by atoms with van der Waals surface area (Å²) in [6, 6.07) is 4.22. The first-order valence-corrected chi connectivity index (χ1v) is 9.24. The first kappa shape index (κ1) is 18.5. The summed E-state index contributed by atoms with van der Waals surface area (Å²) in [7, 11) is 0. The maximum Gasteiger partial charge on any atom is 0.321 e. The van der Waals surface area contributed by atoms with Crippen molar-refractivity contribution in [2.75, 3.05) is 18.0 Å². The Bertz CT molecular complexity index is 724. The molecular formula is C18H22ClN3O4. The maximum absolute atomic E-state index is 12.8. The summed E-state index contributed by atoms with van der Waals surface area (Å²) in [6.07, 6.45) is 3.90. The van der Waals surface area contributed by atoms with Crippen LogP contribution in [0.25, 0.3) is 0 Å². The standard InChI is InChI=1S/C18H22ClN3O4/c19-14-7-6-11(22-9-8-20-18(22)26)10-13(14)16(23)21-15-5-3-1-2-4-12(15)17(24)25/h6-7,10,12,15H,1-5,8-9H2,(H,20,26)(H,21,23)(H,24,25)/t12-,15+/m1/s1. The Morgan fingerprint density at radius 3 is 2.69 bits per heavy atom. The molecule has 1 aliphatic carbocycles. The SMILES string of the molecule is O=C(N[C@H]1CCCCC[C@H]1C(=O)O)c1cc(N2CCNC2=O)ccc1Cl.